The van der Waals surface area contributed by atoms with E-state index in [4.69, 9.17) is 4.52 Å². The minimum absolute atomic E-state index is 0.285. The zero-order chi connectivity index (χ0) is 16.9. The van der Waals surface area contributed by atoms with Crippen LogP contribution in [0.5, 0.6) is 0 Å². The molecule has 1 aromatic heterocycles. The average Bonchev–Trinajstić information content (AvgIpc) is 2.95. The number of aryl methyl sites for hydroxylation is 1. The Bertz CT molecular complexity index is 526. The van der Waals surface area contributed by atoms with Gasteiger partial charge in [-0.05, 0) is 20.3 Å². The third-order valence-corrected chi connectivity index (χ3v) is 5.08. The zero-order valence-corrected chi connectivity index (χ0v) is 15.7. The van der Waals surface area contributed by atoms with Crippen LogP contribution in [0.4, 0.5) is 0 Å². The van der Waals surface area contributed by atoms with Crippen LogP contribution in [0.15, 0.2) is 9.52 Å². The number of nitrogens with one attached hydrogen (secondary N) is 1. The molecule has 0 aromatic carbocycles. The van der Waals surface area contributed by atoms with E-state index in [2.05, 4.69) is 53.0 Å². The Balaban J connectivity index is 1.75. The van der Waals surface area contributed by atoms with E-state index in [1.165, 1.54) is 0 Å². The van der Waals surface area contributed by atoms with Gasteiger partial charge in [0.15, 0.2) is 11.8 Å². The molecule has 0 radical (unpaired) electrons. The fourth-order valence-corrected chi connectivity index (χ4v) is 3.68. The number of guanidine groups is 1. The maximum absolute atomic E-state index is 5.27. The van der Waals surface area contributed by atoms with E-state index in [1.54, 1.807) is 0 Å². The lowest BCUT2D eigenvalue weighted by Crippen LogP contribution is -2.51. The molecule has 1 fully saturated rings. The molecular weight excluding hydrogens is 310 g/mol. The summed E-state index contributed by atoms with van der Waals surface area (Å²) in [5.41, 5.74) is 0. The number of rotatable bonds is 5. The average molecular weight is 340 g/mol. The molecule has 0 spiro atoms. The van der Waals surface area contributed by atoms with E-state index in [1.807, 2.05) is 18.8 Å². The SMILES string of the molecule is CN=C(NCCCc1nc(C(C)C)no1)N1CCSC(C)(C)C1. The Morgan fingerprint density at radius 2 is 2.26 bits per heavy atom. The first-order valence-electron chi connectivity index (χ1n) is 8.33. The summed E-state index contributed by atoms with van der Waals surface area (Å²) in [6.07, 6.45) is 1.75. The van der Waals surface area contributed by atoms with Gasteiger partial charge in [-0.2, -0.15) is 16.7 Å². The molecule has 7 heteroatoms. The molecule has 0 saturated carbocycles. The van der Waals surface area contributed by atoms with Gasteiger partial charge >= 0.3 is 0 Å². The van der Waals surface area contributed by atoms with Gasteiger partial charge in [-0.3, -0.25) is 4.99 Å². The molecule has 2 rings (SSSR count). The molecule has 6 nitrogen and oxygen atoms in total. The molecule has 1 aliphatic heterocycles. The number of aromatic nitrogens is 2. The number of aliphatic imine (C=N–C) groups is 1. The summed E-state index contributed by atoms with van der Waals surface area (Å²) < 4.78 is 5.56. The van der Waals surface area contributed by atoms with Gasteiger partial charge in [0.1, 0.15) is 0 Å². The van der Waals surface area contributed by atoms with E-state index in [-0.39, 0.29) is 4.75 Å². The van der Waals surface area contributed by atoms with E-state index < -0.39 is 0 Å². The molecule has 1 aliphatic rings. The summed E-state index contributed by atoms with van der Waals surface area (Å²) >= 11 is 2.03. The van der Waals surface area contributed by atoms with Gasteiger partial charge in [0.25, 0.3) is 0 Å². The fraction of sp³-hybridized carbons (Fsp3) is 0.812. The molecular formula is C16H29N5OS. The van der Waals surface area contributed by atoms with Crippen LogP contribution in [0.2, 0.25) is 0 Å². The lowest BCUT2D eigenvalue weighted by Gasteiger charge is -2.39. The van der Waals surface area contributed by atoms with Crippen molar-refractivity contribution in [3.05, 3.63) is 11.7 Å². The fourth-order valence-electron chi connectivity index (χ4n) is 2.57. The third kappa shape index (κ3) is 5.41. The van der Waals surface area contributed by atoms with Gasteiger partial charge in [-0.15, -0.1) is 0 Å². The number of thioether (sulfide) groups is 1. The van der Waals surface area contributed by atoms with Crippen LogP contribution in [0, 0.1) is 0 Å². The van der Waals surface area contributed by atoms with E-state index in [9.17, 15) is 0 Å². The Morgan fingerprint density at radius 1 is 1.48 bits per heavy atom. The summed E-state index contributed by atoms with van der Waals surface area (Å²) in [7, 11) is 1.85. The molecule has 0 amide bonds. The topological polar surface area (TPSA) is 66.5 Å². The lowest BCUT2D eigenvalue weighted by molar-refractivity contribution is 0.364. The van der Waals surface area contributed by atoms with Crippen LogP contribution in [0.1, 0.15) is 51.7 Å². The van der Waals surface area contributed by atoms with Gasteiger partial charge in [-0.25, -0.2) is 0 Å². The smallest absolute Gasteiger partial charge is 0.226 e. The second kappa shape index (κ2) is 8.04. The van der Waals surface area contributed by atoms with Gasteiger partial charge in [-0.1, -0.05) is 19.0 Å². The second-order valence-corrected chi connectivity index (χ2v) is 8.61. The van der Waals surface area contributed by atoms with Crippen molar-refractivity contribution in [2.24, 2.45) is 4.99 Å². The van der Waals surface area contributed by atoms with Crippen molar-refractivity contribution in [2.45, 2.75) is 51.2 Å². The summed E-state index contributed by atoms with van der Waals surface area (Å²) in [6, 6.07) is 0. The molecule has 0 bridgehead atoms. The minimum Gasteiger partial charge on any atom is -0.356 e. The van der Waals surface area contributed by atoms with Crippen molar-refractivity contribution in [1.82, 2.24) is 20.4 Å². The Kier molecular flexibility index (Phi) is 6.33. The molecule has 2 heterocycles. The number of hydrogen-bond acceptors (Lipinski definition) is 5. The van der Waals surface area contributed by atoms with Gasteiger partial charge in [0.2, 0.25) is 5.89 Å². The van der Waals surface area contributed by atoms with Crippen LogP contribution in [-0.4, -0.2) is 58.2 Å². The van der Waals surface area contributed by atoms with Crippen LogP contribution in [-0.2, 0) is 6.42 Å². The summed E-state index contributed by atoms with van der Waals surface area (Å²) in [4.78, 5) is 11.2. The third-order valence-electron chi connectivity index (χ3n) is 3.79. The predicted molar refractivity (Wildman–Crippen MR) is 96.2 cm³/mol. The Hall–Kier alpha value is -1.24. The van der Waals surface area contributed by atoms with Gasteiger partial charge in [0.05, 0.1) is 0 Å². The maximum Gasteiger partial charge on any atom is 0.226 e. The lowest BCUT2D eigenvalue weighted by atomic mass is 10.2. The standard InChI is InChI=1S/C16H29N5OS/c1-12(2)14-19-13(22-20-14)7-6-8-18-15(17-5)21-9-10-23-16(3,4)11-21/h12H,6-11H2,1-5H3,(H,17,18). The van der Waals surface area contributed by atoms with Crippen LogP contribution in [0.3, 0.4) is 0 Å². The molecule has 0 aliphatic carbocycles. The quantitative estimate of drug-likeness (QED) is 0.505. The molecule has 130 valence electrons. The highest BCUT2D eigenvalue weighted by atomic mass is 32.2. The largest absolute Gasteiger partial charge is 0.356 e. The van der Waals surface area contributed by atoms with Crippen LogP contribution < -0.4 is 5.32 Å². The van der Waals surface area contributed by atoms with Crippen molar-refractivity contribution in [2.75, 3.05) is 32.4 Å². The van der Waals surface area contributed by atoms with Crippen molar-refractivity contribution in [3.63, 3.8) is 0 Å². The molecule has 0 unspecified atom stereocenters. The number of hydrogen-bond donors (Lipinski definition) is 1. The van der Waals surface area contributed by atoms with E-state index in [0.717, 1.165) is 55.9 Å². The normalized spacial score (nSPS) is 18.5. The predicted octanol–water partition coefficient (Wildman–Crippen LogP) is 2.53. The summed E-state index contributed by atoms with van der Waals surface area (Å²) in [6.45, 7) is 11.7. The van der Waals surface area contributed by atoms with Crippen LogP contribution in [0.25, 0.3) is 0 Å². The minimum atomic E-state index is 0.285. The van der Waals surface area contributed by atoms with Crippen molar-refractivity contribution >= 4 is 17.7 Å². The van der Waals surface area contributed by atoms with Crippen LogP contribution >= 0.6 is 11.8 Å². The molecule has 1 aromatic rings. The first-order chi connectivity index (χ1) is 10.9. The first kappa shape index (κ1) is 18.1. The van der Waals surface area contributed by atoms with Crippen molar-refractivity contribution < 1.29 is 4.52 Å². The van der Waals surface area contributed by atoms with Gasteiger partial charge < -0.3 is 14.7 Å². The molecule has 23 heavy (non-hydrogen) atoms. The monoisotopic (exact) mass is 339 g/mol. The molecule has 1 N–H and O–H groups in total. The number of nitrogens with zero attached hydrogens (tertiary/aromatic N) is 4. The molecule has 1 saturated heterocycles. The zero-order valence-electron chi connectivity index (χ0n) is 14.9. The van der Waals surface area contributed by atoms with E-state index in [0.29, 0.717) is 5.92 Å². The first-order valence-corrected chi connectivity index (χ1v) is 9.32. The maximum atomic E-state index is 5.27. The Labute approximate surface area is 143 Å². The Morgan fingerprint density at radius 3 is 2.87 bits per heavy atom. The van der Waals surface area contributed by atoms with E-state index >= 15 is 0 Å². The van der Waals surface area contributed by atoms with Crippen molar-refractivity contribution in [1.29, 1.82) is 0 Å². The highest BCUT2D eigenvalue weighted by Crippen LogP contribution is 2.29. The summed E-state index contributed by atoms with van der Waals surface area (Å²) in [5.74, 6) is 3.96. The van der Waals surface area contributed by atoms with Crippen molar-refractivity contribution in [3.8, 4) is 0 Å². The highest BCUT2D eigenvalue weighted by Gasteiger charge is 2.28. The second-order valence-electron chi connectivity index (χ2n) is 6.81. The molecule has 0 atom stereocenters. The van der Waals surface area contributed by atoms with Gasteiger partial charge in [0, 0.05) is 49.5 Å². The highest BCUT2D eigenvalue weighted by molar-refractivity contribution is 8.00. The summed E-state index contributed by atoms with van der Waals surface area (Å²) in [5, 5.41) is 7.45.